The highest BCUT2D eigenvalue weighted by Gasteiger charge is 2.37. The highest BCUT2D eigenvalue weighted by Crippen LogP contribution is 2.20. The molecule has 1 heterocycles. The van der Waals surface area contributed by atoms with E-state index in [2.05, 4.69) is 10.2 Å². The molecule has 5 nitrogen and oxygen atoms in total. The highest BCUT2D eigenvalue weighted by atomic mass is 16.5. The van der Waals surface area contributed by atoms with Crippen molar-refractivity contribution < 1.29 is 9.53 Å². The first-order chi connectivity index (χ1) is 7.61. The lowest BCUT2D eigenvalue weighted by molar-refractivity contribution is -0.130. The van der Waals surface area contributed by atoms with Crippen LogP contribution in [0.2, 0.25) is 0 Å². The molecule has 0 aliphatic carbocycles. The molecule has 0 saturated carbocycles. The Morgan fingerprint density at radius 1 is 1.50 bits per heavy atom. The molecule has 94 valence electrons. The molecule has 3 N–H and O–H groups in total. The van der Waals surface area contributed by atoms with Gasteiger partial charge in [-0.25, -0.2) is 0 Å². The first-order valence-electron chi connectivity index (χ1n) is 5.86. The van der Waals surface area contributed by atoms with Gasteiger partial charge in [0, 0.05) is 33.4 Å². The van der Waals surface area contributed by atoms with Crippen LogP contribution in [0.1, 0.15) is 19.8 Å². The lowest BCUT2D eigenvalue weighted by Crippen LogP contribution is -2.57. The summed E-state index contributed by atoms with van der Waals surface area (Å²) in [5.74, 6) is -0.258. The number of nitrogens with zero attached hydrogens (tertiary/aromatic N) is 1. The largest absolute Gasteiger partial charge is 0.385 e. The van der Waals surface area contributed by atoms with Crippen LogP contribution in [0.5, 0.6) is 0 Å². The predicted molar refractivity (Wildman–Crippen MR) is 63.2 cm³/mol. The summed E-state index contributed by atoms with van der Waals surface area (Å²) in [7, 11) is 1.64. The van der Waals surface area contributed by atoms with E-state index < -0.39 is 5.54 Å². The SMILES string of the molecule is COCCC(C)(C(N)=O)N1CCCNCC1. The normalized spacial score (nSPS) is 22.4. The van der Waals surface area contributed by atoms with Gasteiger partial charge < -0.3 is 15.8 Å². The Morgan fingerprint density at radius 2 is 2.25 bits per heavy atom. The average Bonchev–Trinajstić information content (AvgIpc) is 2.54. The number of ether oxygens (including phenoxy) is 1. The van der Waals surface area contributed by atoms with Crippen molar-refractivity contribution in [2.75, 3.05) is 39.9 Å². The van der Waals surface area contributed by atoms with Gasteiger partial charge in [-0.3, -0.25) is 9.69 Å². The Hall–Kier alpha value is -0.650. The maximum absolute atomic E-state index is 11.6. The zero-order chi connectivity index (χ0) is 12.0. The van der Waals surface area contributed by atoms with Gasteiger partial charge in [0.05, 0.1) is 5.54 Å². The minimum absolute atomic E-state index is 0.258. The maximum Gasteiger partial charge on any atom is 0.237 e. The molecule has 5 heteroatoms. The quantitative estimate of drug-likeness (QED) is 0.671. The smallest absolute Gasteiger partial charge is 0.237 e. The van der Waals surface area contributed by atoms with Gasteiger partial charge in [-0.1, -0.05) is 0 Å². The van der Waals surface area contributed by atoms with Gasteiger partial charge in [0.2, 0.25) is 5.91 Å². The van der Waals surface area contributed by atoms with E-state index in [1.165, 1.54) is 0 Å². The fourth-order valence-electron chi connectivity index (χ4n) is 2.08. The summed E-state index contributed by atoms with van der Waals surface area (Å²) in [5, 5.41) is 3.32. The Balaban J connectivity index is 2.69. The third kappa shape index (κ3) is 3.17. The van der Waals surface area contributed by atoms with Gasteiger partial charge in [-0.2, -0.15) is 0 Å². The third-order valence-electron chi connectivity index (χ3n) is 3.36. The topological polar surface area (TPSA) is 67.6 Å². The van der Waals surface area contributed by atoms with Crippen LogP contribution in [-0.4, -0.2) is 56.2 Å². The molecule has 0 aromatic heterocycles. The van der Waals surface area contributed by atoms with Crippen LogP contribution in [-0.2, 0) is 9.53 Å². The number of methoxy groups -OCH3 is 1. The van der Waals surface area contributed by atoms with Crippen LogP contribution < -0.4 is 11.1 Å². The monoisotopic (exact) mass is 229 g/mol. The summed E-state index contributed by atoms with van der Waals surface area (Å²) >= 11 is 0. The number of hydrogen-bond donors (Lipinski definition) is 2. The maximum atomic E-state index is 11.6. The number of nitrogens with two attached hydrogens (primary N) is 1. The number of amides is 1. The van der Waals surface area contributed by atoms with Crippen LogP contribution >= 0.6 is 0 Å². The number of nitrogens with one attached hydrogen (secondary N) is 1. The molecule has 0 bridgehead atoms. The van der Waals surface area contributed by atoms with Gasteiger partial charge >= 0.3 is 0 Å². The summed E-state index contributed by atoms with van der Waals surface area (Å²) in [6.07, 6.45) is 1.70. The molecular formula is C11H23N3O2. The van der Waals surface area contributed by atoms with E-state index in [-0.39, 0.29) is 5.91 Å². The van der Waals surface area contributed by atoms with Crippen LogP contribution in [0.25, 0.3) is 0 Å². The minimum Gasteiger partial charge on any atom is -0.385 e. The van der Waals surface area contributed by atoms with Crippen LogP contribution in [0, 0.1) is 0 Å². The lowest BCUT2D eigenvalue weighted by Gasteiger charge is -2.38. The van der Waals surface area contributed by atoms with Crippen molar-refractivity contribution in [1.82, 2.24) is 10.2 Å². The number of rotatable bonds is 5. The second-order valence-corrected chi connectivity index (χ2v) is 4.47. The van der Waals surface area contributed by atoms with E-state index in [0.29, 0.717) is 13.0 Å². The van der Waals surface area contributed by atoms with Gasteiger partial charge in [-0.05, 0) is 26.3 Å². The molecule has 1 amide bonds. The van der Waals surface area contributed by atoms with E-state index in [9.17, 15) is 4.79 Å². The third-order valence-corrected chi connectivity index (χ3v) is 3.36. The first kappa shape index (κ1) is 13.4. The summed E-state index contributed by atoms with van der Waals surface area (Å²) in [5.41, 5.74) is 4.96. The van der Waals surface area contributed by atoms with Gasteiger partial charge in [0.15, 0.2) is 0 Å². The Kier molecular flexibility index (Phi) is 5.18. The zero-order valence-corrected chi connectivity index (χ0v) is 10.3. The molecular weight excluding hydrogens is 206 g/mol. The van der Waals surface area contributed by atoms with Crippen LogP contribution in [0.15, 0.2) is 0 Å². The van der Waals surface area contributed by atoms with Crippen molar-refractivity contribution >= 4 is 5.91 Å². The Morgan fingerprint density at radius 3 is 2.88 bits per heavy atom. The van der Waals surface area contributed by atoms with Crippen molar-refractivity contribution in [3.05, 3.63) is 0 Å². The molecule has 1 fully saturated rings. The fourth-order valence-corrected chi connectivity index (χ4v) is 2.08. The summed E-state index contributed by atoms with van der Waals surface area (Å²) in [6.45, 7) is 6.17. The van der Waals surface area contributed by atoms with E-state index in [1.54, 1.807) is 7.11 Å². The number of carbonyl (C=O) groups is 1. The highest BCUT2D eigenvalue weighted by molar-refractivity contribution is 5.84. The average molecular weight is 229 g/mol. The van der Waals surface area contributed by atoms with E-state index in [4.69, 9.17) is 10.5 Å². The van der Waals surface area contributed by atoms with Gasteiger partial charge in [0.1, 0.15) is 0 Å². The number of hydrogen-bond acceptors (Lipinski definition) is 4. The standard InChI is InChI=1S/C11H23N3O2/c1-11(10(12)15,4-9-16-2)14-7-3-5-13-6-8-14/h13H,3-9H2,1-2H3,(H2,12,15). The van der Waals surface area contributed by atoms with Crippen molar-refractivity contribution in [3.63, 3.8) is 0 Å². The predicted octanol–water partition coefficient (Wildman–Crippen LogP) is -0.438. The molecule has 1 saturated heterocycles. The van der Waals surface area contributed by atoms with Crippen LogP contribution in [0.4, 0.5) is 0 Å². The second kappa shape index (κ2) is 6.18. The second-order valence-electron chi connectivity index (χ2n) is 4.47. The number of primary amides is 1. The molecule has 1 aliphatic rings. The molecule has 16 heavy (non-hydrogen) atoms. The summed E-state index contributed by atoms with van der Waals surface area (Å²) in [4.78, 5) is 13.8. The van der Waals surface area contributed by atoms with Crippen molar-refractivity contribution in [1.29, 1.82) is 0 Å². The molecule has 0 aromatic rings. The number of carbonyl (C=O) groups excluding carboxylic acids is 1. The fraction of sp³-hybridized carbons (Fsp3) is 0.909. The molecule has 0 aromatic carbocycles. The summed E-state index contributed by atoms with van der Waals surface area (Å²) in [6, 6.07) is 0. The first-order valence-corrected chi connectivity index (χ1v) is 5.86. The van der Waals surface area contributed by atoms with Gasteiger partial charge in [-0.15, -0.1) is 0 Å². The molecule has 1 unspecified atom stereocenters. The molecule has 0 spiro atoms. The molecule has 1 atom stereocenters. The van der Waals surface area contributed by atoms with E-state index >= 15 is 0 Å². The lowest BCUT2D eigenvalue weighted by atomic mass is 9.94. The van der Waals surface area contributed by atoms with E-state index in [1.807, 2.05) is 6.92 Å². The molecule has 0 radical (unpaired) electrons. The molecule has 1 rings (SSSR count). The zero-order valence-electron chi connectivity index (χ0n) is 10.3. The Labute approximate surface area is 97.3 Å². The molecule has 1 aliphatic heterocycles. The van der Waals surface area contributed by atoms with Crippen LogP contribution in [0.3, 0.4) is 0 Å². The van der Waals surface area contributed by atoms with Crippen molar-refractivity contribution in [3.8, 4) is 0 Å². The summed E-state index contributed by atoms with van der Waals surface area (Å²) < 4.78 is 5.06. The van der Waals surface area contributed by atoms with Crippen molar-refractivity contribution in [2.45, 2.75) is 25.3 Å². The van der Waals surface area contributed by atoms with Crippen molar-refractivity contribution in [2.24, 2.45) is 5.73 Å². The Bertz CT molecular complexity index is 227. The van der Waals surface area contributed by atoms with Gasteiger partial charge in [0.25, 0.3) is 0 Å². The minimum atomic E-state index is -0.581. The van der Waals surface area contributed by atoms with E-state index in [0.717, 1.165) is 32.6 Å².